The number of amides is 1. The number of rotatable bonds is 1. The van der Waals surface area contributed by atoms with Gasteiger partial charge in [-0.2, -0.15) is 0 Å². The fraction of sp³-hybridized carbons (Fsp3) is 0.611. The van der Waals surface area contributed by atoms with E-state index in [4.69, 9.17) is 0 Å². The fourth-order valence-electron chi connectivity index (χ4n) is 3.21. The van der Waals surface area contributed by atoms with Crippen LogP contribution in [0, 0.1) is 11.8 Å². The molecule has 0 radical (unpaired) electrons. The van der Waals surface area contributed by atoms with Crippen LogP contribution in [0.15, 0.2) is 23.1 Å². The summed E-state index contributed by atoms with van der Waals surface area (Å²) in [6.45, 7) is 12.2. The summed E-state index contributed by atoms with van der Waals surface area (Å²) in [4.78, 5) is 15.5. The first kappa shape index (κ1) is 16.4. The molecule has 2 unspecified atom stereocenters. The van der Waals surface area contributed by atoms with E-state index in [-0.39, 0.29) is 11.3 Å². The number of carbonyl (C=O) groups excluding carboxylic acids is 1. The third-order valence-electron chi connectivity index (χ3n) is 4.51. The van der Waals surface area contributed by atoms with Crippen LogP contribution in [0.5, 0.6) is 0 Å². The average molecular weight is 305 g/mol. The van der Waals surface area contributed by atoms with E-state index in [0.29, 0.717) is 11.8 Å². The Balaban J connectivity index is 0.000000774. The van der Waals surface area contributed by atoms with Crippen molar-refractivity contribution in [3.05, 3.63) is 29.3 Å². The van der Waals surface area contributed by atoms with E-state index in [0.717, 1.165) is 24.4 Å². The highest BCUT2D eigenvalue weighted by Gasteiger charge is 2.44. The minimum absolute atomic E-state index is 0.0140. The van der Waals surface area contributed by atoms with Gasteiger partial charge in [-0.1, -0.05) is 40.7 Å². The van der Waals surface area contributed by atoms with Gasteiger partial charge in [0.05, 0.1) is 0 Å². The monoisotopic (exact) mass is 305 g/mol. The number of carbonyl (C=O) groups is 1. The Bertz CT molecular complexity index is 538. The third kappa shape index (κ3) is 3.28. The lowest BCUT2D eigenvalue weighted by atomic mass is 9.78. The van der Waals surface area contributed by atoms with Gasteiger partial charge in [0.15, 0.2) is 0 Å². The quantitative estimate of drug-likeness (QED) is 0.768. The van der Waals surface area contributed by atoms with Crippen LogP contribution >= 0.6 is 12.6 Å². The molecular formula is C18H27NOS. The second-order valence-electron chi connectivity index (χ2n) is 6.74. The Morgan fingerprint density at radius 1 is 1.33 bits per heavy atom. The predicted molar refractivity (Wildman–Crippen MR) is 90.8 cm³/mol. The molecule has 0 aromatic heterocycles. The summed E-state index contributed by atoms with van der Waals surface area (Å²) in [6.07, 6.45) is 1.07. The van der Waals surface area contributed by atoms with Gasteiger partial charge in [0.1, 0.15) is 0 Å². The van der Waals surface area contributed by atoms with E-state index >= 15 is 0 Å². The molecule has 0 saturated heterocycles. The van der Waals surface area contributed by atoms with Crippen molar-refractivity contribution in [1.82, 2.24) is 4.90 Å². The van der Waals surface area contributed by atoms with Crippen molar-refractivity contribution < 1.29 is 4.79 Å². The highest BCUT2D eigenvalue weighted by Crippen LogP contribution is 2.42. The SMILES string of the molecule is CC.CC1CC1C(=O)N1Cc2ccc(S)cc2C(C)(C)C1. The van der Waals surface area contributed by atoms with Gasteiger partial charge in [-0.25, -0.2) is 0 Å². The number of benzene rings is 1. The van der Waals surface area contributed by atoms with Crippen molar-refractivity contribution in [1.29, 1.82) is 0 Å². The van der Waals surface area contributed by atoms with Crippen LogP contribution in [0.3, 0.4) is 0 Å². The predicted octanol–water partition coefficient (Wildman–Crippen LogP) is 4.28. The first-order valence-electron chi connectivity index (χ1n) is 7.99. The van der Waals surface area contributed by atoms with Crippen LogP contribution in [0.2, 0.25) is 0 Å². The summed E-state index contributed by atoms with van der Waals surface area (Å²) >= 11 is 4.43. The summed E-state index contributed by atoms with van der Waals surface area (Å²) in [5.74, 6) is 1.21. The standard InChI is InChI=1S/C16H21NOS.C2H6/c1-10-6-13(10)15(18)17-8-11-4-5-12(19)7-14(11)16(2,3)9-17;1-2/h4-5,7,10,13,19H,6,8-9H2,1-3H3;1-2H3. The Morgan fingerprint density at radius 3 is 2.52 bits per heavy atom. The van der Waals surface area contributed by atoms with Crippen LogP contribution in [0.4, 0.5) is 0 Å². The molecule has 2 aliphatic rings. The minimum Gasteiger partial charge on any atom is -0.337 e. The van der Waals surface area contributed by atoms with Gasteiger partial charge in [0, 0.05) is 29.3 Å². The Kier molecular flexibility index (Phi) is 4.72. The zero-order chi connectivity index (χ0) is 15.8. The average Bonchev–Trinajstić information content (AvgIpc) is 3.17. The molecule has 1 aromatic rings. The van der Waals surface area contributed by atoms with Crippen LogP contribution in [-0.2, 0) is 16.8 Å². The molecule has 1 saturated carbocycles. The molecule has 0 spiro atoms. The Morgan fingerprint density at radius 2 is 1.95 bits per heavy atom. The molecule has 2 nitrogen and oxygen atoms in total. The molecule has 1 heterocycles. The molecule has 1 fully saturated rings. The minimum atomic E-state index is 0.0140. The molecule has 1 aliphatic heterocycles. The molecule has 1 amide bonds. The van der Waals surface area contributed by atoms with Gasteiger partial charge < -0.3 is 4.90 Å². The normalized spacial score (nSPS) is 25.5. The van der Waals surface area contributed by atoms with Crippen LogP contribution in [-0.4, -0.2) is 17.4 Å². The lowest BCUT2D eigenvalue weighted by Gasteiger charge is -2.40. The lowest BCUT2D eigenvalue weighted by molar-refractivity contribution is -0.134. The topological polar surface area (TPSA) is 20.3 Å². The molecular weight excluding hydrogens is 278 g/mol. The summed E-state index contributed by atoms with van der Waals surface area (Å²) in [5, 5.41) is 0. The highest BCUT2D eigenvalue weighted by atomic mass is 32.1. The van der Waals surface area contributed by atoms with E-state index in [1.54, 1.807) is 0 Å². The van der Waals surface area contributed by atoms with E-state index in [9.17, 15) is 4.79 Å². The summed E-state index contributed by atoms with van der Waals surface area (Å²) in [6, 6.07) is 6.29. The van der Waals surface area contributed by atoms with Gasteiger partial charge in [-0.15, -0.1) is 12.6 Å². The van der Waals surface area contributed by atoms with Crippen molar-refractivity contribution in [3.8, 4) is 0 Å². The second kappa shape index (κ2) is 6.04. The maximum absolute atomic E-state index is 12.4. The molecule has 1 aromatic carbocycles. The van der Waals surface area contributed by atoms with Crippen molar-refractivity contribution in [2.45, 2.75) is 57.9 Å². The van der Waals surface area contributed by atoms with Gasteiger partial charge in [-0.05, 0) is 35.6 Å². The van der Waals surface area contributed by atoms with E-state index in [1.807, 2.05) is 19.9 Å². The van der Waals surface area contributed by atoms with Crippen LogP contribution in [0.25, 0.3) is 0 Å². The maximum atomic E-state index is 12.4. The van der Waals surface area contributed by atoms with Crippen molar-refractivity contribution in [3.63, 3.8) is 0 Å². The van der Waals surface area contributed by atoms with Crippen molar-refractivity contribution in [2.75, 3.05) is 6.54 Å². The maximum Gasteiger partial charge on any atom is 0.226 e. The smallest absolute Gasteiger partial charge is 0.226 e. The molecule has 2 atom stereocenters. The lowest BCUT2D eigenvalue weighted by Crippen LogP contribution is -2.45. The van der Waals surface area contributed by atoms with Crippen LogP contribution in [0.1, 0.15) is 52.2 Å². The zero-order valence-electron chi connectivity index (χ0n) is 13.8. The summed E-state index contributed by atoms with van der Waals surface area (Å²) in [7, 11) is 0. The number of nitrogens with zero attached hydrogens (tertiary/aromatic N) is 1. The number of hydrogen-bond acceptors (Lipinski definition) is 2. The Hall–Kier alpha value is -0.960. The van der Waals surface area contributed by atoms with Gasteiger partial charge >= 0.3 is 0 Å². The molecule has 3 heteroatoms. The number of thiol groups is 1. The third-order valence-corrected chi connectivity index (χ3v) is 4.79. The number of hydrogen-bond donors (Lipinski definition) is 1. The van der Waals surface area contributed by atoms with Gasteiger partial charge in [-0.3, -0.25) is 4.79 Å². The molecule has 3 rings (SSSR count). The summed E-state index contributed by atoms with van der Waals surface area (Å²) in [5.41, 5.74) is 2.63. The largest absolute Gasteiger partial charge is 0.337 e. The fourth-order valence-corrected chi connectivity index (χ4v) is 3.42. The molecule has 0 N–H and O–H groups in total. The molecule has 0 bridgehead atoms. The molecule has 116 valence electrons. The van der Waals surface area contributed by atoms with E-state index in [1.165, 1.54) is 11.1 Å². The highest BCUT2D eigenvalue weighted by molar-refractivity contribution is 7.80. The first-order valence-corrected chi connectivity index (χ1v) is 8.44. The number of fused-ring (bicyclic) bond motifs is 1. The van der Waals surface area contributed by atoms with Gasteiger partial charge in [0.2, 0.25) is 5.91 Å². The molecule has 21 heavy (non-hydrogen) atoms. The van der Waals surface area contributed by atoms with E-state index in [2.05, 4.69) is 50.4 Å². The first-order chi connectivity index (χ1) is 9.88. The Labute approximate surface area is 134 Å². The van der Waals surface area contributed by atoms with Crippen molar-refractivity contribution in [2.24, 2.45) is 11.8 Å². The van der Waals surface area contributed by atoms with E-state index < -0.39 is 0 Å². The van der Waals surface area contributed by atoms with Gasteiger partial charge in [0.25, 0.3) is 0 Å². The molecule has 1 aliphatic carbocycles. The second-order valence-corrected chi connectivity index (χ2v) is 7.26. The van der Waals surface area contributed by atoms with Crippen molar-refractivity contribution >= 4 is 18.5 Å². The zero-order valence-corrected chi connectivity index (χ0v) is 14.7. The summed E-state index contributed by atoms with van der Waals surface area (Å²) < 4.78 is 0. The van der Waals surface area contributed by atoms with Crippen LogP contribution < -0.4 is 0 Å².